The van der Waals surface area contributed by atoms with Gasteiger partial charge in [-0.2, -0.15) is 0 Å². The van der Waals surface area contributed by atoms with Crippen LogP contribution >= 0.6 is 0 Å². The van der Waals surface area contributed by atoms with Gasteiger partial charge in [0.25, 0.3) is 5.91 Å². The Morgan fingerprint density at radius 2 is 2.14 bits per heavy atom. The largest absolute Gasteiger partial charge is 0.370 e. The highest BCUT2D eigenvalue weighted by molar-refractivity contribution is 5.92. The van der Waals surface area contributed by atoms with Gasteiger partial charge in [0.15, 0.2) is 0 Å². The van der Waals surface area contributed by atoms with Crippen LogP contribution in [0.5, 0.6) is 0 Å². The van der Waals surface area contributed by atoms with E-state index in [9.17, 15) is 4.79 Å². The fourth-order valence-electron chi connectivity index (χ4n) is 1.93. The number of carbonyl (C=O) groups excluding carboxylic acids is 1. The second-order valence-corrected chi connectivity index (χ2v) is 4.82. The van der Waals surface area contributed by atoms with E-state index in [0.717, 1.165) is 30.0 Å². The van der Waals surface area contributed by atoms with Crippen molar-refractivity contribution in [2.75, 3.05) is 11.9 Å². The van der Waals surface area contributed by atoms with E-state index in [0.29, 0.717) is 18.1 Å². The maximum absolute atomic E-state index is 12.1. The summed E-state index contributed by atoms with van der Waals surface area (Å²) in [6.07, 6.45) is 1.00. The summed E-state index contributed by atoms with van der Waals surface area (Å²) in [5, 5.41) is 9.86. The van der Waals surface area contributed by atoms with Crippen LogP contribution in [0.25, 0.3) is 0 Å². The Balaban J connectivity index is 2.00. The van der Waals surface area contributed by atoms with E-state index in [4.69, 9.17) is 4.52 Å². The number of nitrogens with one attached hydrogen (secondary N) is 2. The Morgan fingerprint density at radius 3 is 2.81 bits per heavy atom. The van der Waals surface area contributed by atoms with Gasteiger partial charge in [-0.25, -0.2) is 4.98 Å². The quantitative estimate of drug-likeness (QED) is 0.853. The number of aryl methyl sites for hydroxylation is 2. The van der Waals surface area contributed by atoms with Crippen LogP contribution < -0.4 is 10.6 Å². The number of hydrogen-bond acceptors (Lipinski definition) is 5. The first kappa shape index (κ1) is 15.0. The Morgan fingerprint density at radius 1 is 1.33 bits per heavy atom. The molecule has 21 heavy (non-hydrogen) atoms. The number of anilines is 1. The molecule has 0 saturated carbocycles. The van der Waals surface area contributed by atoms with Gasteiger partial charge in [-0.15, -0.1) is 0 Å². The fourth-order valence-corrected chi connectivity index (χ4v) is 1.93. The van der Waals surface area contributed by atoms with Crippen molar-refractivity contribution in [2.24, 2.45) is 0 Å². The van der Waals surface area contributed by atoms with Gasteiger partial charge >= 0.3 is 0 Å². The lowest BCUT2D eigenvalue weighted by atomic mass is 10.2. The number of pyridine rings is 1. The monoisotopic (exact) mass is 288 g/mol. The Kier molecular flexibility index (Phi) is 4.92. The lowest BCUT2D eigenvalue weighted by Gasteiger charge is -2.07. The molecule has 0 unspecified atom stereocenters. The summed E-state index contributed by atoms with van der Waals surface area (Å²) in [5.41, 5.74) is 2.09. The van der Waals surface area contributed by atoms with Gasteiger partial charge in [0.1, 0.15) is 17.3 Å². The van der Waals surface area contributed by atoms with Gasteiger partial charge in [-0.3, -0.25) is 4.79 Å². The van der Waals surface area contributed by atoms with Crippen molar-refractivity contribution >= 4 is 11.7 Å². The molecule has 0 spiro atoms. The molecule has 2 rings (SSSR count). The van der Waals surface area contributed by atoms with Crippen molar-refractivity contribution in [1.82, 2.24) is 15.5 Å². The van der Waals surface area contributed by atoms with Gasteiger partial charge in [-0.1, -0.05) is 18.1 Å². The van der Waals surface area contributed by atoms with Gasteiger partial charge in [0.2, 0.25) is 0 Å². The number of aromatic nitrogens is 2. The van der Waals surface area contributed by atoms with Crippen LogP contribution in [0, 0.1) is 13.8 Å². The molecular formula is C15H20N4O2. The molecule has 6 nitrogen and oxygen atoms in total. The van der Waals surface area contributed by atoms with Crippen molar-refractivity contribution in [3.63, 3.8) is 0 Å². The molecule has 6 heteroatoms. The zero-order valence-corrected chi connectivity index (χ0v) is 12.6. The van der Waals surface area contributed by atoms with Crippen molar-refractivity contribution in [3.8, 4) is 0 Å². The molecule has 0 fully saturated rings. The van der Waals surface area contributed by atoms with E-state index < -0.39 is 0 Å². The zero-order valence-electron chi connectivity index (χ0n) is 12.6. The molecule has 0 aliphatic heterocycles. The van der Waals surface area contributed by atoms with Crippen LogP contribution in [0.15, 0.2) is 22.7 Å². The SMILES string of the molecule is CCCNc1cccc(C(=O)NCc2c(C)noc2C)n1. The normalized spacial score (nSPS) is 10.4. The second kappa shape index (κ2) is 6.88. The van der Waals surface area contributed by atoms with Crippen LogP contribution in [0.4, 0.5) is 5.82 Å². The minimum atomic E-state index is -0.213. The van der Waals surface area contributed by atoms with E-state index in [1.165, 1.54) is 0 Å². The Labute approximate surface area is 123 Å². The third kappa shape index (κ3) is 3.81. The standard InChI is InChI=1S/C15H20N4O2/c1-4-8-16-14-7-5-6-13(18-14)15(20)17-9-12-10(2)19-21-11(12)3/h5-7H,4,8-9H2,1-3H3,(H,16,18)(H,17,20). The molecule has 0 aliphatic carbocycles. The highest BCUT2D eigenvalue weighted by Gasteiger charge is 2.12. The zero-order chi connectivity index (χ0) is 15.2. The molecular weight excluding hydrogens is 268 g/mol. The summed E-state index contributed by atoms with van der Waals surface area (Å²) < 4.78 is 5.07. The first-order valence-corrected chi connectivity index (χ1v) is 7.02. The predicted molar refractivity (Wildman–Crippen MR) is 80.2 cm³/mol. The molecule has 0 aliphatic rings. The van der Waals surface area contributed by atoms with Crippen LogP contribution in [-0.4, -0.2) is 22.6 Å². The van der Waals surface area contributed by atoms with E-state index >= 15 is 0 Å². The van der Waals surface area contributed by atoms with Crippen LogP contribution in [0.1, 0.15) is 40.9 Å². The summed E-state index contributed by atoms with van der Waals surface area (Å²) in [7, 11) is 0. The second-order valence-electron chi connectivity index (χ2n) is 4.82. The Hall–Kier alpha value is -2.37. The van der Waals surface area contributed by atoms with Gasteiger partial charge in [0.05, 0.1) is 5.69 Å². The summed E-state index contributed by atoms with van der Waals surface area (Å²) in [4.78, 5) is 16.4. The number of hydrogen-bond donors (Lipinski definition) is 2. The van der Waals surface area contributed by atoms with E-state index in [1.807, 2.05) is 26.0 Å². The minimum Gasteiger partial charge on any atom is -0.370 e. The van der Waals surface area contributed by atoms with Crippen molar-refractivity contribution in [3.05, 3.63) is 40.9 Å². The van der Waals surface area contributed by atoms with Gasteiger partial charge < -0.3 is 15.2 Å². The van der Waals surface area contributed by atoms with E-state index in [-0.39, 0.29) is 5.91 Å². The molecule has 0 aromatic carbocycles. The number of nitrogens with zero attached hydrogens (tertiary/aromatic N) is 2. The van der Waals surface area contributed by atoms with Gasteiger partial charge in [0, 0.05) is 18.7 Å². The van der Waals surface area contributed by atoms with E-state index in [1.54, 1.807) is 6.07 Å². The molecule has 2 aromatic rings. The average Bonchev–Trinajstić information content (AvgIpc) is 2.82. The highest BCUT2D eigenvalue weighted by Crippen LogP contribution is 2.12. The van der Waals surface area contributed by atoms with Crippen LogP contribution in [0.3, 0.4) is 0 Å². The number of carbonyl (C=O) groups is 1. The summed E-state index contributed by atoms with van der Waals surface area (Å²) in [6, 6.07) is 5.36. The van der Waals surface area contributed by atoms with Crippen LogP contribution in [-0.2, 0) is 6.54 Å². The third-order valence-electron chi connectivity index (χ3n) is 3.14. The molecule has 2 aromatic heterocycles. The predicted octanol–water partition coefficient (Wildman–Crippen LogP) is 2.44. The smallest absolute Gasteiger partial charge is 0.270 e. The summed E-state index contributed by atoms with van der Waals surface area (Å²) in [6.45, 7) is 6.97. The minimum absolute atomic E-state index is 0.213. The van der Waals surface area contributed by atoms with Gasteiger partial charge in [-0.05, 0) is 32.4 Å². The fraction of sp³-hybridized carbons (Fsp3) is 0.400. The molecule has 2 N–H and O–H groups in total. The average molecular weight is 288 g/mol. The highest BCUT2D eigenvalue weighted by atomic mass is 16.5. The first-order chi connectivity index (χ1) is 10.1. The molecule has 1 amide bonds. The molecule has 0 saturated heterocycles. The molecule has 0 radical (unpaired) electrons. The lowest BCUT2D eigenvalue weighted by molar-refractivity contribution is 0.0946. The van der Waals surface area contributed by atoms with Crippen molar-refractivity contribution in [1.29, 1.82) is 0 Å². The van der Waals surface area contributed by atoms with Crippen LogP contribution in [0.2, 0.25) is 0 Å². The summed E-state index contributed by atoms with van der Waals surface area (Å²) >= 11 is 0. The third-order valence-corrected chi connectivity index (χ3v) is 3.14. The topological polar surface area (TPSA) is 80.0 Å². The molecule has 2 heterocycles. The number of rotatable bonds is 6. The lowest BCUT2D eigenvalue weighted by Crippen LogP contribution is -2.24. The molecule has 0 bridgehead atoms. The van der Waals surface area contributed by atoms with Crippen molar-refractivity contribution in [2.45, 2.75) is 33.7 Å². The molecule has 112 valence electrons. The number of amides is 1. The maximum atomic E-state index is 12.1. The van der Waals surface area contributed by atoms with Crippen molar-refractivity contribution < 1.29 is 9.32 Å². The maximum Gasteiger partial charge on any atom is 0.270 e. The summed E-state index contributed by atoms with van der Waals surface area (Å²) in [5.74, 6) is 1.22. The first-order valence-electron chi connectivity index (χ1n) is 7.02. The molecule has 0 atom stereocenters. The Bertz CT molecular complexity index is 602. The van der Waals surface area contributed by atoms with E-state index in [2.05, 4.69) is 27.7 Å².